The number of aromatic nitrogens is 3. The number of nitrogens with zero attached hydrogens (tertiary/aromatic N) is 3. The number of hydrogen-bond acceptors (Lipinski definition) is 3. The molecule has 0 atom stereocenters. The van der Waals surface area contributed by atoms with Gasteiger partial charge >= 0.3 is 0 Å². The molecule has 1 heterocycles. The van der Waals surface area contributed by atoms with E-state index in [0.717, 1.165) is 34.6 Å². The Balaban J connectivity index is 1.95. The van der Waals surface area contributed by atoms with E-state index in [1.54, 1.807) is 4.68 Å². The predicted molar refractivity (Wildman–Crippen MR) is 99.2 cm³/mol. The van der Waals surface area contributed by atoms with Crippen molar-refractivity contribution in [2.24, 2.45) is 0 Å². The molecule has 0 bridgehead atoms. The fourth-order valence-electron chi connectivity index (χ4n) is 2.95. The van der Waals surface area contributed by atoms with Gasteiger partial charge in [-0.2, -0.15) is 0 Å². The lowest BCUT2D eigenvalue weighted by molar-refractivity contribution is 0.102. The molecule has 25 heavy (non-hydrogen) atoms. The quantitative estimate of drug-likeness (QED) is 0.768. The van der Waals surface area contributed by atoms with E-state index >= 15 is 0 Å². The molecular weight excluding hydrogens is 312 g/mol. The Labute approximate surface area is 147 Å². The third-order valence-electron chi connectivity index (χ3n) is 4.29. The molecule has 0 fully saturated rings. The molecule has 0 radical (unpaired) electrons. The van der Waals surface area contributed by atoms with Crippen LogP contribution in [-0.4, -0.2) is 20.9 Å². The Morgan fingerprint density at radius 1 is 1.04 bits per heavy atom. The number of amides is 1. The number of nitrogens with one attached hydrogen (secondary N) is 1. The van der Waals surface area contributed by atoms with Crippen LogP contribution in [0.2, 0.25) is 0 Å². The van der Waals surface area contributed by atoms with Crippen molar-refractivity contribution in [1.29, 1.82) is 0 Å². The lowest BCUT2D eigenvalue weighted by atomic mass is 10.1. The minimum atomic E-state index is -0.219. The Morgan fingerprint density at radius 3 is 2.48 bits per heavy atom. The summed E-state index contributed by atoms with van der Waals surface area (Å²) in [7, 11) is 0. The molecule has 0 aliphatic carbocycles. The van der Waals surface area contributed by atoms with Gasteiger partial charge in [0.1, 0.15) is 0 Å². The number of benzene rings is 2. The van der Waals surface area contributed by atoms with Crippen LogP contribution >= 0.6 is 0 Å². The zero-order valence-electron chi connectivity index (χ0n) is 14.8. The second kappa shape index (κ2) is 7.30. The molecule has 0 unspecified atom stereocenters. The summed E-state index contributed by atoms with van der Waals surface area (Å²) in [6.07, 6.45) is 1.52. The maximum absolute atomic E-state index is 12.8. The van der Waals surface area contributed by atoms with Gasteiger partial charge in [0.15, 0.2) is 5.69 Å². The second-order valence-electron chi connectivity index (χ2n) is 5.90. The molecule has 1 aromatic heterocycles. The largest absolute Gasteiger partial charge is 0.320 e. The van der Waals surface area contributed by atoms with Gasteiger partial charge in [-0.15, -0.1) is 5.10 Å². The molecule has 3 aromatic rings. The first kappa shape index (κ1) is 16.9. The topological polar surface area (TPSA) is 59.8 Å². The summed E-state index contributed by atoms with van der Waals surface area (Å²) < 4.78 is 1.73. The molecule has 0 aliphatic heterocycles. The highest BCUT2D eigenvalue weighted by atomic mass is 16.2. The standard InChI is InChI=1S/C20H22N4O/c1-4-15-11-9-10-14(3)18(15)21-20(25)19-17(5-2)24(23-22-19)16-12-7-6-8-13-16/h6-13H,4-5H2,1-3H3,(H,21,25). The van der Waals surface area contributed by atoms with E-state index in [2.05, 4.69) is 22.6 Å². The number of carbonyl (C=O) groups is 1. The third kappa shape index (κ3) is 3.31. The van der Waals surface area contributed by atoms with Crippen LogP contribution in [0, 0.1) is 6.92 Å². The second-order valence-corrected chi connectivity index (χ2v) is 5.90. The Morgan fingerprint density at radius 2 is 1.80 bits per heavy atom. The van der Waals surface area contributed by atoms with Crippen LogP contribution < -0.4 is 5.32 Å². The normalized spacial score (nSPS) is 10.7. The summed E-state index contributed by atoms with van der Waals surface area (Å²) in [6, 6.07) is 15.8. The highest BCUT2D eigenvalue weighted by Gasteiger charge is 2.20. The Hall–Kier alpha value is -2.95. The zero-order valence-corrected chi connectivity index (χ0v) is 14.8. The lowest BCUT2D eigenvalue weighted by Gasteiger charge is -2.12. The maximum Gasteiger partial charge on any atom is 0.278 e. The van der Waals surface area contributed by atoms with Gasteiger partial charge in [0, 0.05) is 5.69 Å². The van der Waals surface area contributed by atoms with E-state index in [4.69, 9.17) is 0 Å². The van der Waals surface area contributed by atoms with Crippen LogP contribution in [0.1, 0.15) is 41.2 Å². The average molecular weight is 334 g/mol. The van der Waals surface area contributed by atoms with E-state index in [9.17, 15) is 4.79 Å². The Kier molecular flexibility index (Phi) is 4.93. The summed E-state index contributed by atoms with van der Waals surface area (Å²) >= 11 is 0. The summed E-state index contributed by atoms with van der Waals surface area (Å²) in [5.41, 5.74) is 5.09. The summed E-state index contributed by atoms with van der Waals surface area (Å²) in [5, 5.41) is 11.4. The SMILES string of the molecule is CCc1cccc(C)c1NC(=O)c1nnn(-c2ccccc2)c1CC. The molecular formula is C20H22N4O. The van der Waals surface area contributed by atoms with Gasteiger partial charge < -0.3 is 5.32 Å². The summed E-state index contributed by atoms with van der Waals surface area (Å²) in [6.45, 7) is 6.07. The van der Waals surface area contributed by atoms with Gasteiger partial charge in [0.25, 0.3) is 5.91 Å². The number of hydrogen-bond donors (Lipinski definition) is 1. The molecule has 5 heteroatoms. The minimum Gasteiger partial charge on any atom is -0.320 e. The zero-order chi connectivity index (χ0) is 17.8. The van der Waals surface area contributed by atoms with E-state index < -0.39 is 0 Å². The molecule has 1 amide bonds. The van der Waals surface area contributed by atoms with Crippen LogP contribution in [0.3, 0.4) is 0 Å². The van der Waals surface area contributed by atoms with Gasteiger partial charge in [-0.1, -0.05) is 55.5 Å². The van der Waals surface area contributed by atoms with Crippen LogP contribution in [-0.2, 0) is 12.8 Å². The third-order valence-corrected chi connectivity index (χ3v) is 4.29. The summed E-state index contributed by atoms with van der Waals surface area (Å²) in [5.74, 6) is -0.219. The molecule has 2 aromatic carbocycles. The smallest absolute Gasteiger partial charge is 0.278 e. The maximum atomic E-state index is 12.8. The first-order valence-corrected chi connectivity index (χ1v) is 8.55. The molecule has 0 saturated heterocycles. The monoisotopic (exact) mass is 334 g/mol. The van der Waals surface area contributed by atoms with Crippen molar-refractivity contribution in [2.45, 2.75) is 33.6 Å². The van der Waals surface area contributed by atoms with Crippen molar-refractivity contribution in [2.75, 3.05) is 5.32 Å². The van der Waals surface area contributed by atoms with Crippen molar-refractivity contribution < 1.29 is 4.79 Å². The predicted octanol–water partition coefficient (Wildman–Crippen LogP) is 3.95. The van der Waals surface area contributed by atoms with Gasteiger partial charge in [0.05, 0.1) is 11.4 Å². The minimum absolute atomic E-state index is 0.219. The van der Waals surface area contributed by atoms with Gasteiger partial charge in [0.2, 0.25) is 0 Å². The van der Waals surface area contributed by atoms with Crippen LogP contribution in [0.4, 0.5) is 5.69 Å². The average Bonchev–Trinajstić information content (AvgIpc) is 3.08. The van der Waals surface area contributed by atoms with Crippen LogP contribution in [0.5, 0.6) is 0 Å². The van der Waals surface area contributed by atoms with Crippen molar-refractivity contribution in [1.82, 2.24) is 15.0 Å². The number of aryl methyl sites for hydroxylation is 2. The first-order valence-electron chi connectivity index (χ1n) is 8.55. The Bertz CT molecular complexity index is 884. The molecule has 128 valence electrons. The fourth-order valence-corrected chi connectivity index (χ4v) is 2.95. The molecule has 0 aliphatic rings. The highest BCUT2D eigenvalue weighted by molar-refractivity contribution is 6.04. The van der Waals surface area contributed by atoms with Crippen molar-refractivity contribution in [3.8, 4) is 5.69 Å². The van der Waals surface area contributed by atoms with Gasteiger partial charge in [-0.05, 0) is 43.0 Å². The van der Waals surface area contributed by atoms with Crippen LogP contribution in [0.15, 0.2) is 48.5 Å². The van der Waals surface area contributed by atoms with Crippen LogP contribution in [0.25, 0.3) is 5.69 Å². The lowest BCUT2D eigenvalue weighted by Crippen LogP contribution is -2.17. The molecule has 3 rings (SSSR count). The molecule has 0 saturated carbocycles. The van der Waals surface area contributed by atoms with E-state index in [1.165, 1.54) is 0 Å². The number of anilines is 1. The van der Waals surface area contributed by atoms with Crippen molar-refractivity contribution in [3.63, 3.8) is 0 Å². The van der Waals surface area contributed by atoms with Gasteiger partial charge in [-0.3, -0.25) is 4.79 Å². The van der Waals surface area contributed by atoms with E-state index in [-0.39, 0.29) is 5.91 Å². The summed E-state index contributed by atoms with van der Waals surface area (Å²) in [4.78, 5) is 12.8. The van der Waals surface area contributed by atoms with Crippen molar-refractivity contribution >= 4 is 11.6 Å². The molecule has 5 nitrogen and oxygen atoms in total. The number of rotatable bonds is 5. The molecule has 0 spiro atoms. The number of carbonyl (C=O) groups excluding carboxylic acids is 1. The fraction of sp³-hybridized carbons (Fsp3) is 0.250. The molecule has 1 N–H and O–H groups in total. The van der Waals surface area contributed by atoms with E-state index in [0.29, 0.717) is 12.1 Å². The van der Waals surface area contributed by atoms with E-state index in [1.807, 2.05) is 62.4 Å². The first-order chi connectivity index (χ1) is 12.2. The highest BCUT2D eigenvalue weighted by Crippen LogP contribution is 2.22. The van der Waals surface area contributed by atoms with Gasteiger partial charge in [-0.25, -0.2) is 4.68 Å². The van der Waals surface area contributed by atoms with Crippen molar-refractivity contribution in [3.05, 3.63) is 71.0 Å². The number of para-hydroxylation sites is 2.